The number of primary amides is 1. The summed E-state index contributed by atoms with van der Waals surface area (Å²) < 4.78 is 2.07. The van der Waals surface area contributed by atoms with E-state index < -0.39 is 5.54 Å². The normalized spacial score (nSPS) is 26.1. The van der Waals surface area contributed by atoms with Crippen LogP contribution in [0.3, 0.4) is 0 Å². The Labute approximate surface area is 120 Å². The first-order valence-electron chi connectivity index (χ1n) is 7.65. The molecule has 1 aliphatic rings. The Morgan fingerprint density at radius 3 is 2.85 bits per heavy atom. The number of aromatic nitrogens is 2. The van der Waals surface area contributed by atoms with Gasteiger partial charge in [0.25, 0.3) is 0 Å². The van der Waals surface area contributed by atoms with Crippen LogP contribution in [0.4, 0.5) is 0 Å². The minimum atomic E-state index is -0.812. The Balaban J connectivity index is 2.05. The van der Waals surface area contributed by atoms with Crippen molar-refractivity contribution >= 4 is 5.91 Å². The molecule has 0 spiro atoms. The Kier molecular flexibility index (Phi) is 4.48. The highest BCUT2D eigenvalue weighted by atomic mass is 16.1. The number of nitrogens with zero attached hydrogens (tertiary/aromatic N) is 2. The van der Waals surface area contributed by atoms with Gasteiger partial charge in [-0.05, 0) is 44.1 Å². The Hall–Kier alpha value is -1.36. The molecule has 2 rings (SSSR count). The number of amides is 1. The molecule has 1 saturated carbocycles. The summed E-state index contributed by atoms with van der Waals surface area (Å²) in [5.41, 5.74) is 13.3. The van der Waals surface area contributed by atoms with Gasteiger partial charge in [-0.2, -0.15) is 5.10 Å². The number of hydrogen-bond donors (Lipinski definition) is 2. The molecule has 0 aromatic carbocycles. The topological polar surface area (TPSA) is 86.9 Å². The first kappa shape index (κ1) is 15.0. The quantitative estimate of drug-likeness (QED) is 0.824. The first-order chi connectivity index (χ1) is 9.51. The molecular formula is C15H26N4O. The summed E-state index contributed by atoms with van der Waals surface area (Å²) in [5, 5.41) is 4.61. The highest BCUT2D eigenvalue weighted by Crippen LogP contribution is 2.36. The molecule has 0 bridgehead atoms. The first-order valence-corrected chi connectivity index (χ1v) is 7.65. The molecule has 0 radical (unpaired) electrons. The van der Waals surface area contributed by atoms with Crippen LogP contribution in [0.1, 0.15) is 50.9 Å². The second-order valence-electron chi connectivity index (χ2n) is 5.84. The maximum Gasteiger partial charge on any atom is 0.237 e. The van der Waals surface area contributed by atoms with Gasteiger partial charge in [-0.25, -0.2) is 0 Å². The SMILES string of the molecule is CCc1cc(CC)n(CCC2CCCC2(N)C(N)=O)n1. The smallest absolute Gasteiger partial charge is 0.237 e. The molecule has 112 valence electrons. The standard InChI is InChI=1S/C15H26N4O/c1-3-12-10-13(4-2)19(18-12)9-7-11-6-5-8-15(11,17)14(16)20/h10-11H,3-9,17H2,1-2H3,(H2,16,20). The zero-order valence-electron chi connectivity index (χ0n) is 12.6. The fourth-order valence-corrected chi connectivity index (χ4v) is 3.27. The predicted octanol–water partition coefficient (Wildman–Crippen LogP) is 1.38. The van der Waals surface area contributed by atoms with Crippen LogP contribution in [0.5, 0.6) is 0 Å². The van der Waals surface area contributed by atoms with Crippen LogP contribution in [0, 0.1) is 5.92 Å². The second kappa shape index (κ2) is 5.95. The Morgan fingerprint density at radius 1 is 1.50 bits per heavy atom. The maximum absolute atomic E-state index is 11.6. The Morgan fingerprint density at radius 2 is 2.25 bits per heavy atom. The van der Waals surface area contributed by atoms with Crippen LogP contribution in [-0.2, 0) is 24.2 Å². The maximum atomic E-state index is 11.6. The predicted molar refractivity (Wildman–Crippen MR) is 79.1 cm³/mol. The van der Waals surface area contributed by atoms with Crippen molar-refractivity contribution < 1.29 is 4.79 Å². The third-order valence-corrected chi connectivity index (χ3v) is 4.66. The fourth-order valence-electron chi connectivity index (χ4n) is 3.27. The molecule has 2 unspecified atom stereocenters. The van der Waals surface area contributed by atoms with Gasteiger partial charge < -0.3 is 11.5 Å². The van der Waals surface area contributed by atoms with E-state index in [0.717, 1.165) is 44.3 Å². The van der Waals surface area contributed by atoms with Crippen LogP contribution in [0.15, 0.2) is 6.07 Å². The van der Waals surface area contributed by atoms with E-state index in [1.165, 1.54) is 5.69 Å². The van der Waals surface area contributed by atoms with E-state index in [9.17, 15) is 4.79 Å². The number of aryl methyl sites for hydroxylation is 3. The summed E-state index contributed by atoms with van der Waals surface area (Å²) in [6.07, 6.45) is 5.49. The highest BCUT2D eigenvalue weighted by molar-refractivity contribution is 5.85. The van der Waals surface area contributed by atoms with Crippen LogP contribution in [0.25, 0.3) is 0 Å². The number of carbonyl (C=O) groups excluding carboxylic acids is 1. The van der Waals surface area contributed by atoms with Crippen LogP contribution in [-0.4, -0.2) is 21.2 Å². The van der Waals surface area contributed by atoms with Gasteiger partial charge in [0.2, 0.25) is 5.91 Å². The second-order valence-corrected chi connectivity index (χ2v) is 5.84. The largest absolute Gasteiger partial charge is 0.368 e. The van der Waals surface area contributed by atoms with Crippen LogP contribution >= 0.6 is 0 Å². The summed E-state index contributed by atoms with van der Waals surface area (Å²) in [5.74, 6) is -0.176. The van der Waals surface area contributed by atoms with Gasteiger partial charge in [-0.1, -0.05) is 20.3 Å². The summed E-state index contributed by atoms with van der Waals surface area (Å²) in [6.45, 7) is 5.07. The lowest BCUT2D eigenvalue weighted by Crippen LogP contribution is -2.54. The van der Waals surface area contributed by atoms with E-state index in [2.05, 4.69) is 29.7 Å². The third kappa shape index (κ3) is 2.73. The summed E-state index contributed by atoms with van der Waals surface area (Å²) in [4.78, 5) is 11.6. The van der Waals surface area contributed by atoms with Gasteiger partial charge in [0.15, 0.2) is 0 Å². The molecule has 1 aromatic rings. The molecule has 1 heterocycles. The molecule has 1 amide bonds. The van der Waals surface area contributed by atoms with Gasteiger partial charge in [-0.15, -0.1) is 0 Å². The number of hydrogen-bond acceptors (Lipinski definition) is 3. The highest BCUT2D eigenvalue weighted by Gasteiger charge is 2.43. The minimum Gasteiger partial charge on any atom is -0.368 e. The van der Waals surface area contributed by atoms with Crippen LogP contribution in [0.2, 0.25) is 0 Å². The van der Waals surface area contributed by atoms with Crippen molar-refractivity contribution in [2.75, 3.05) is 0 Å². The number of carbonyl (C=O) groups is 1. The van der Waals surface area contributed by atoms with Gasteiger partial charge in [0.1, 0.15) is 0 Å². The van der Waals surface area contributed by atoms with Crippen LogP contribution < -0.4 is 11.5 Å². The Bertz CT molecular complexity index is 482. The van der Waals surface area contributed by atoms with Crippen molar-refractivity contribution in [3.63, 3.8) is 0 Å². The van der Waals surface area contributed by atoms with Crippen molar-refractivity contribution in [3.8, 4) is 0 Å². The molecule has 5 nitrogen and oxygen atoms in total. The molecule has 1 aliphatic carbocycles. The molecule has 1 aromatic heterocycles. The van der Waals surface area contributed by atoms with E-state index in [0.29, 0.717) is 6.42 Å². The lowest BCUT2D eigenvalue weighted by molar-refractivity contribution is -0.124. The van der Waals surface area contributed by atoms with Crippen molar-refractivity contribution in [3.05, 3.63) is 17.5 Å². The molecule has 4 N–H and O–H groups in total. The lowest BCUT2D eigenvalue weighted by Gasteiger charge is -2.28. The van der Waals surface area contributed by atoms with Gasteiger partial charge in [0, 0.05) is 12.2 Å². The molecule has 5 heteroatoms. The van der Waals surface area contributed by atoms with E-state index in [1.807, 2.05) is 0 Å². The zero-order chi connectivity index (χ0) is 14.8. The molecular weight excluding hydrogens is 252 g/mol. The van der Waals surface area contributed by atoms with Gasteiger partial charge in [0.05, 0.1) is 11.2 Å². The minimum absolute atomic E-state index is 0.180. The molecule has 1 fully saturated rings. The fraction of sp³-hybridized carbons (Fsp3) is 0.733. The molecule has 2 atom stereocenters. The van der Waals surface area contributed by atoms with Gasteiger partial charge in [-0.3, -0.25) is 9.48 Å². The van der Waals surface area contributed by atoms with E-state index in [-0.39, 0.29) is 11.8 Å². The summed E-state index contributed by atoms with van der Waals surface area (Å²) >= 11 is 0. The van der Waals surface area contributed by atoms with Crippen molar-refractivity contribution in [1.29, 1.82) is 0 Å². The van der Waals surface area contributed by atoms with E-state index in [1.54, 1.807) is 0 Å². The average Bonchev–Trinajstić information content (AvgIpc) is 3.00. The van der Waals surface area contributed by atoms with Gasteiger partial charge >= 0.3 is 0 Å². The van der Waals surface area contributed by atoms with E-state index >= 15 is 0 Å². The lowest BCUT2D eigenvalue weighted by atomic mass is 9.85. The molecule has 20 heavy (non-hydrogen) atoms. The van der Waals surface area contributed by atoms with Crippen molar-refractivity contribution in [1.82, 2.24) is 9.78 Å². The molecule has 0 aliphatic heterocycles. The van der Waals surface area contributed by atoms with Crippen molar-refractivity contribution in [2.24, 2.45) is 17.4 Å². The summed E-state index contributed by atoms with van der Waals surface area (Å²) in [6, 6.07) is 2.17. The third-order valence-electron chi connectivity index (χ3n) is 4.66. The van der Waals surface area contributed by atoms with Crippen molar-refractivity contribution in [2.45, 2.75) is 64.5 Å². The molecule has 0 saturated heterocycles. The average molecular weight is 278 g/mol. The van der Waals surface area contributed by atoms with E-state index in [4.69, 9.17) is 11.5 Å². The summed E-state index contributed by atoms with van der Waals surface area (Å²) in [7, 11) is 0. The number of nitrogens with two attached hydrogens (primary N) is 2. The monoisotopic (exact) mass is 278 g/mol. The zero-order valence-corrected chi connectivity index (χ0v) is 12.6. The number of rotatable bonds is 6.